The van der Waals surface area contributed by atoms with Crippen LogP contribution in [0.15, 0.2) is 30.7 Å². The van der Waals surface area contributed by atoms with E-state index in [0.717, 1.165) is 0 Å². The Balaban J connectivity index is 1.93. The number of nitrogens with zero attached hydrogens (tertiary/aromatic N) is 4. The van der Waals surface area contributed by atoms with Crippen molar-refractivity contribution in [3.8, 4) is 11.5 Å². The number of carbonyl (C=O) groups excluding carboxylic acids is 1. The molecule has 8 heteroatoms. The van der Waals surface area contributed by atoms with Crippen molar-refractivity contribution >= 4 is 11.7 Å². The summed E-state index contributed by atoms with van der Waals surface area (Å²) in [5, 5.41) is 9.75. The third kappa shape index (κ3) is 4.82. The van der Waals surface area contributed by atoms with E-state index >= 15 is 0 Å². The van der Waals surface area contributed by atoms with Gasteiger partial charge in [0.25, 0.3) is 5.91 Å². The minimum absolute atomic E-state index is 0.0287. The Morgan fingerprint density at radius 1 is 1.34 bits per heavy atom. The number of amides is 1. The molecule has 1 saturated heterocycles. The molecule has 156 valence electrons. The lowest BCUT2D eigenvalue weighted by molar-refractivity contribution is 0.0713. The maximum Gasteiger partial charge on any atom is 0.257 e. The Hall–Kier alpha value is -2.74. The Morgan fingerprint density at radius 3 is 2.72 bits per heavy atom. The quantitative estimate of drug-likeness (QED) is 0.799. The number of carbonyl (C=O) groups is 1. The van der Waals surface area contributed by atoms with Crippen LogP contribution in [-0.2, 0) is 0 Å². The molecule has 0 saturated carbocycles. The van der Waals surface area contributed by atoms with Gasteiger partial charge in [-0.25, -0.2) is 14.4 Å². The van der Waals surface area contributed by atoms with E-state index in [2.05, 4.69) is 9.97 Å². The highest BCUT2D eigenvalue weighted by Crippen LogP contribution is 2.33. The summed E-state index contributed by atoms with van der Waals surface area (Å²) in [6, 6.07) is 3.88. The smallest absolute Gasteiger partial charge is 0.257 e. The summed E-state index contributed by atoms with van der Waals surface area (Å²) in [6.07, 6.45) is 3.94. The van der Waals surface area contributed by atoms with E-state index in [-0.39, 0.29) is 29.4 Å². The van der Waals surface area contributed by atoms with Crippen LogP contribution in [0.25, 0.3) is 0 Å². The Kier molecular flexibility index (Phi) is 6.64. The minimum atomic E-state index is -0.505. The summed E-state index contributed by atoms with van der Waals surface area (Å²) in [5.41, 5.74) is 0.157. The molecule has 1 N–H and O–H groups in total. The molecule has 1 fully saturated rings. The van der Waals surface area contributed by atoms with Gasteiger partial charge in [-0.05, 0) is 51.8 Å². The van der Waals surface area contributed by atoms with Crippen molar-refractivity contribution in [2.75, 3.05) is 24.5 Å². The van der Waals surface area contributed by atoms with E-state index in [1.807, 2.05) is 25.7 Å². The number of ether oxygens (including phenoxy) is 1. The average Bonchev–Trinajstić information content (AvgIpc) is 2.70. The largest absolute Gasteiger partial charge is 0.451 e. The predicted molar refractivity (Wildman–Crippen MR) is 108 cm³/mol. The molecule has 1 aliphatic heterocycles. The molecule has 0 atom stereocenters. The van der Waals surface area contributed by atoms with Gasteiger partial charge in [0, 0.05) is 25.7 Å². The lowest BCUT2D eigenvalue weighted by atomic mass is 10.1. The summed E-state index contributed by atoms with van der Waals surface area (Å²) in [5.74, 6) is 0.429. The van der Waals surface area contributed by atoms with Crippen molar-refractivity contribution in [3.63, 3.8) is 0 Å². The first-order chi connectivity index (χ1) is 13.9. The second-order valence-electron chi connectivity index (χ2n) is 7.36. The third-order valence-corrected chi connectivity index (χ3v) is 5.04. The van der Waals surface area contributed by atoms with Crippen molar-refractivity contribution < 1.29 is 19.0 Å². The number of anilines is 1. The minimum Gasteiger partial charge on any atom is -0.451 e. The summed E-state index contributed by atoms with van der Waals surface area (Å²) < 4.78 is 20.0. The molecule has 3 rings (SSSR count). The van der Waals surface area contributed by atoms with E-state index < -0.39 is 5.82 Å². The number of hydrogen-bond acceptors (Lipinski definition) is 6. The van der Waals surface area contributed by atoms with Crippen LogP contribution >= 0.6 is 0 Å². The zero-order valence-corrected chi connectivity index (χ0v) is 17.0. The standard InChI is InChI=1S/C21H27FN4O3/c1-4-26(14(2)3)21(28)17-11-15(22)5-6-18(17)29-19-12-23-13-24-20(19)25-9-7-16(27)8-10-25/h5-6,11-14,16,27H,4,7-10H2,1-3H3. The van der Waals surface area contributed by atoms with Gasteiger partial charge in [-0.15, -0.1) is 0 Å². The van der Waals surface area contributed by atoms with Gasteiger partial charge in [0.15, 0.2) is 11.6 Å². The second-order valence-corrected chi connectivity index (χ2v) is 7.36. The predicted octanol–water partition coefficient (Wildman–Crippen LogP) is 3.24. The highest BCUT2D eigenvalue weighted by Gasteiger charge is 2.25. The SMILES string of the molecule is CCN(C(=O)c1cc(F)ccc1Oc1cncnc1N1CCC(O)CC1)C(C)C. The van der Waals surface area contributed by atoms with Crippen LogP contribution < -0.4 is 9.64 Å². The number of aliphatic hydroxyl groups excluding tert-OH is 1. The fraction of sp³-hybridized carbons (Fsp3) is 0.476. The van der Waals surface area contributed by atoms with Crippen LogP contribution in [0.1, 0.15) is 44.0 Å². The van der Waals surface area contributed by atoms with Crippen LogP contribution in [0.2, 0.25) is 0 Å². The third-order valence-electron chi connectivity index (χ3n) is 5.04. The summed E-state index contributed by atoms with van der Waals surface area (Å²) in [6.45, 7) is 7.49. The van der Waals surface area contributed by atoms with Crippen LogP contribution in [-0.4, -0.2) is 57.7 Å². The highest BCUT2D eigenvalue weighted by molar-refractivity contribution is 5.97. The molecule has 0 unspecified atom stereocenters. The van der Waals surface area contributed by atoms with Crippen LogP contribution in [0, 0.1) is 5.82 Å². The van der Waals surface area contributed by atoms with Gasteiger partial charge in [-0.2, -0.15) is 0 Å². The molecule has 0 bridgehead atoms. The van der Waals surface area contributed by atoms with Crippen molar-refractivity contribution in [2.24, 2.45) is 0 Å². The van der Waals surface area contributed by atoms with Gasteiger partial charge in [0.2, 0.25) is 0 Å². The molecule has 1 amide bonds. The lowest BCUT2D eigenvalue weighted by Crippen LogP contribution is -2.37. The Morgan fingerprint density at radius 2 is 2.07 bits per heavy atom. The first-order valence-corrected chi connectivity index (χ1v) is 9.92. The van der Waals surface area contributed by atoms with E-state index in [1.165, 1.54) is 30.7 Å². The average molecular weight is 402 g/mol. The van der Waals surface area contributed by atoms with Crippen molar-refractivity contribution in [2.45, 2.75) is 45.8 Å². The van der Waals surface area contributed by atoms with Gasteiger partial charge >= 0.3 is 0 Å². The molecule has 0 radical (unpaired) electrons. The van der Waals surface area contributed by atoms with Crippen molar-refractivity contribution in [3.05, 3.63) is 42.1 Å². The fourth-order valence-corrected chi connectivity index (χ4v) is 3.47. The maximum absolute atomic E-state index is 13.9. The number of hydrogen-bond donors (Lipinski definition) is 1. The summed E-state index contributed by atoms with van der Waals surface area (Å²) >= 11 is 0. The summed E-state index contributed by atoms with van der Waals surface area (Å²) in [7, 11) is 0. The normalized spacial score (nSPS) is 14.9. The van der Waals surface area contributed by atoms with E-state index in [4.69, 9.17) is 4.74 Å². The molecule has 7 nitrogen and oxygen atoms in total. The van der Waals surface area contributed by atoms with E-state index in [1.54, 1.807) is 4.90 Å². The number of aromatic nitrogens is 2. The molecular weight excluding hydrogens is 375 g/mol. The maximum atomic E-state index is 13.9. The number of piperidine rings is 1. The Labute approximate surface area is 170 Å². The molecule has 0 spiro atoms. The topological polar surface area (TPSA) is 78.8 Å². The number of benzene rings is 1. The monoisotopic (exact) mass is 402 g/mol. The number of rotatable bonds is 6. The number of halogens is 1. The second kappa shape index (κ2) is 9.17. The zero-order valence-electron chi connectivity index (χ0n) is 17.0. The summed E-state index contributed by atoms with van der Waals surface area (Å²) in [4.78, 5) is 25.1. The highest BCUT2D eigenvalue weighted by atomic mass is 19.1. The van der Waals surface area contributed by atoms with Gasteiger partial charge in [-0.3, -0.25) is 4.79 Å². The zero-order chi connectivity index (χ0) is 21.0. The van der Waals surface area contributed by atoms with E-state index in [9.17, 15) is 14.3 Å². The molecule has 2 heterocycles. The molecule has 1 aliphatic rings. The lowest BCUT2D eigenvalue weighted by Gasteiger charge is -2.31. The molecule has 2 aromatic rings. The van der Waals surface area contributed by atoms with Crippen molar-refractivity contribution in [1.29, 1.82) is 0 Å². The van der Waals surface area contributed by atoms with Gasteiger partial charge in [0.05, 0.1) is 17.9 Å². The van der Waals surface area contributed by atoms with Crippen LogP contribution in [0.5, 0.6) is 11.5 Å². The van der Waals surface area contributed by atoms with Crippen molar-refractivity contribution in [1.82, 2.24) is 14.9 Å². The molecule has 1 aromatic carbocycles. The van der Waals surface area contributed by atoms with Gasteiger partial charge in [0.1, 0.15) is 17.9 Å². The fourth-order valence-electron chi connectivity index (χ4n) is 3.47. The Bertz CT molecular complexity index is 854. The number of aliphatic hydroxyl groups is 1. The van der Waals surface area contributed by atoms with Gasteiger partial charge in [-0.1, -0.05) is 0 Å². The van der Waals surface area contributed by atoms with Gasteiger partial charge < -0.3 is 19.6 Å². The van der Waals surface area contributed by atoms with E-state index in [0.29, 0.717) is 44.0 Å². The molecule has 29 heavy (non-hydrogen) atoms. The van der Waals surface area contributed by atoms with Crippen LogP contribution in [0.4, 0.5) is 10.2 Å². The molecule has 0 aliphatic carbocycles. The molecule has 1 aromatic heterocycles. The first-order valence-electron chi connectivity index (χ1n) is 9.92. The first kappa shape index (κ1) is 21.0. The molecular formula is C21H27FN4O3. The van der Waals surface area contributed by atoms with Crippen LogP contribution in [0.3, 0.4) is 0 Å².